The van der Waals surface area contributed by atoms with Crippen molar-refractivity contribution in [2.45, 2.75) is 32.9 Å². The van der Waals surface area contributed by atoms with Crippen LogP contribution in [-0.4, -0.2) is 33.5 Å². The Morgan fingerprint density at radius 2 is 2.16 bits per heavy atom. The van der Waals surface area contributed by atoms with E-state index in [4.69, 9.17) is 5.11 Å². The molecule has 2 aromatic rings. The fourth-order valence-electron chi connectivity index (χ4n) is 2.44. The minimum Gasteiger partial charge on any atom is -0.481 e. The van der Waals surface area contributed by atoms with Gasteiger partial charge in [-0.2, -0.15) is 0 Å². The van der Waals surface area contributed by atoms with Gasteiger partial charge >= 0.3 is 5.97 Å². The van der Waals surface area contributed by atoms with E-state index in [1.165, 1.54) is 10.9 Å². The highest BCUT2D eigenvalue weighted by Gasteiger charge is 2.16. The number of para-hydroxylation sites is 1. The zero-order chi connectivity index (χ0) is 13.8. The normalized spacial score (nSPS) is 13.0. The lowest BCUT2D eigenvalue weighted by atomic mass is 10.1. The minimum atomic E-state index is -0.745. The molecule has 0 saturated heterocycles. The van der Waals surface area contributed by atoms with E-state index in [0.29, 0.717) is 0 Å². The van der Waals surface area contributed by atoms with E-state index in [0.717, 1.165) is 18.6 Å². The maximum atomic E-state index is 10.8. The third-order valence-corrected chi connectivity index (χ3v) is 3.55. The van der Waals surface area contributed by atoms with Crippen molar-refractivity contribution < 1.29 is 9.90 Å². The van der Waals surface area contributed by atoms with Crippen molar-refractivity contribution in [3.63, 3.8) is 0 Å². The average Bonchev–Trinajstić information content (AvgIpc) is 2.78. The number of nitrogens with one attached hydrogen (secondary N) is 1. The largest absolute Gasteiger partial charge is 0.481 e. The lowest BCUT2D eigenvalue weighted by molar-refractivity contribution is -0.138. The number of H-pyrrole nitrogens is 1. The maximum absolute atomic E-state index is 10.8. The van der Waals surface area contributed by atoms with Gasteiger partial charge in [-0.15, -0.1) is 0 Å². The molecule has 1 unspecified atom stereocenters. The highest BCUT2D eigenvalue weighted by molar-refractivity contribution is 5.82. The Morgan fingerprint density at radius 3 is 2.84 bits per heavy atom. The van der Waals surface area contributed by atoms with Crippen LogP contribution in [0.4, 0.5) is 0 Å². The van der Waals surface area contributed by atoms with Crippen LogP contribution < -0.4 is 0 Å². The molecule has 0 aliphatic heterocycles. The molecule has 0 bridgehead atoms. The van der Waals surface area contributed by atoms with Crippen LogP contribution in [0.15, 0.2) is 30.5 Å². The van der Waals surface area contributed by atoms with Crippen molar-refractivity contribution in [2.24, 2.45) is 0 Å². The Labute approximate surface area is 113 Å². The molecule has 1 aromatic heterocycles. The second-order valence-electron chi connectivity index (χ2n) is 4.87. The number of aliphatic carboxylic acids is 1. The standard InChI is InChI=1S/C15H20N2O2/c1-3-17(11(2)8-15(18)19)10-12-9-16-14-7-5-4-6-13(12)14/h4-7,9,11,16H,3,8,10H2,1-2H3,(H,18,19). The third kappa shape index (κ3) is 3.15. The highest BCUT2D eigenvalue weighted by Crippen LogP contribution is 2.20. The van der Waals surface area contributed by atoms with Gasteiger partial charge in [0, 0.05) is 29.7 Å². The summed E-state index contributed by atoms with van der Waals surface area (Å²) in [5.41, 5.74) is 2.34. The number of carboxylic acid groups (broad SMARTS) is 1. The van der Waals surface area contributed by atoms with Gasteiger partial charge in [-0.05, 0) is 25.1 Å². The van der Waals surface area contributed by atoms with Gasteiger partial charge in [0.15, 0.2) is 0 Å². The first-order valence-corrected chi connectivity index (χ1v) is 6.62. The molecule has 1 atom stereocenters. The van der Waals surface area contributed by atoms with E-state index >= 15 is 0 Å². The number of hydrogen-bond acceptors (Lipinski definition) is 2. The zero-order valence-corrected chi connectivity index (χ0v) is 11.4. The highest BCUT2D eigenvalue weighted by atomic mass is 16.4. The molecule has 0 amide bonds. The maximum Gasteiger partial charge on any atom is 0.304 e. The van der Waals surface area contributed by atoms with Gasteiger partial charge in [0.2, 0.25) is 0 Å². The average molecular weight is 260 g/mol. The van der Waals surface area contributed by atoms with E-state index in [9.17, 15) is 4.79 Å². The van der Waals surface area contributed by atoms with Crippen molar-refractivity contribution in [3.05, 3.63) is 36.0 Å². The summed E-state index contributed by atoms with van der Waals surface area (Å²) in [5, 5.41) is 10.1. The molecular formula is C15H20N2O2. The molecule has 2 rings (SSSR count). The van der Waals surface area contributed by atoms with Crippen molar-refractivity contribution >= 4 is 16.9 Å². The molecule has 0 aliphatic rings. The Balaban J connectivity index is 2.16. The minimum absolute atomic E-state index is 0.0381. The Kier molecular flexibility index (Phi) is 4.22. The smallest absolute Gasteiger partial charge is 0.304 e. The molecule has 4 heteroatoms. The summed E-state index contributed by atoms with van der Waals surface area (Å²) in [6, 6.07) is 8.22. The van der Waals surface area contributed by atoms with Crippen molar-refractivity contribution in [2.75, 3.05) is 6.54 Å². The van der Waals surface area contributed by atoms with E-state index < -0.39 is 5.97 Å². The zero-order valence-electron chi connectivity index (χ0n) is 11.4. The van der Waals surface area contributed by atoms with Crippen LogP contribution in [0.1, 0.15) is 25.8 Å². The summed E-state index contributed by atoms with van der Waals surface area (Å²) in [7, 11) is 0. The van der Waals surface area contributed by atoms with Crippen LogP contribution in [0.2, 0.25) is 0 Å². The lowest BCUT2D eigenvalue weighted by Crippen LogP contribution is -2.34. The molecule has 4 nitrogen and oxygen atoms in total. The van der Waals surface area contributed by atoms with Gasteiger partial charge in [-0.25, -0.2) is 0 Å². The van der Waals surface area contributed by atoms with E-state index in [2.05, 4.69) is 28.9 Å². The van der Waals surface area contributed by atoms with Crippen molar-refractivity contribution in [1.29, 1.82) is 0 Å². The molecule has 19 heavy (non-hydrogen) atoms. The number of benzene rings is 1. The van der Waals surface area contributed by atoms with Crippen molar-refractivity contribution in [1.82, 2.24) is 9.88 Å². The summed E-state index contributed by atoms with van der Waals surface area (Å²) < 4.78 is 0. The van der Waals surface area contributed by atoms with Gasteiger partial charge in [0.05, 0.1) is 6.42 Å². The van der Waals surface area contributed by atoms with Crippen LogP contribution in [0.3, 0.4) is 0 Å². The van der Waals surface area contributed by atoms with E-state index in [1.807, 2.05) is 25.3 Å². The molecule has 102 valence electrons. The Bertz CT molecular complexity index is 562. The van der Waals surface area contributed by atoms with Gasteiger partial charge < -0.3 is 10.1 Å². The fourth-order valence-corrected chi connectivity index (χ4v) is 2.44. The SMILES string of the molecule is CCN(Cc1c[nH]c2ccccc12)C(C)CC(=O)O. The summed E-state index contributed by atoms with van der Waals surface area (Å²) in [5.74, 6) is -0.745. The number of rotatable bonds is 6. The molecule has 0 spiro atoms. The Morgan fingerprint density at radius 1 is 1.42 bits per heavy atom. The molecule has 2 N–H and O–H groups in total. The number of carboxylic acids is 1. The summed E-state index contributed by atoms with van der Waals surface area (Å²) >= 11 is 0. The predicted octanol–water partition coefficient (Wildman–Crippen LogP) is 2.85. The fraction of sp³-hybridized carbons (Fsp3) is 0.400. The van der Waals surface area contributed by atoms with Gasteiger partial charge in [-0.3, -0.25) is 9.69 Å². The van der Waals surface area contributed by atoms with Crippen LogP contribution in [0, 0.1) is 0 Å². The summed E-state index contributed by atoms with van der Waals surface area (Å²) in [4.78, 5) is 16.3. The van der Waals surface area contributed by atoms with E-state index in [-0.39, 0.29) is 12.5 Å². The predicted molar refractivity (Wildman–Crippen MR) is 76.1 cm³/mol. The lowest BCUT2D eigenvalue weighted by Gasteiger charge is -2.26. The van der Waals surface area contributed by atoms with E-state index in [1.54, 1.807) is 0 Å². The molecular weight excluding hydrogens is 240 g/mol. The first-order valence-electron chi connectivity index (χ1n) is 6.62. The quantitative estimate of drug-likeness (QED) is 0.839. The van der Waals surface area contributed by atoms with Crippen LogP contribution in [-0.2, 0) is 11.3 Å². The topological polar surface area (TPSA) is 56.3 Å². The molecule has 0 aliphatic carbocycles. The first-order chi connectivity index (χ1) is 9.11. The van der Waals surface area contributed by atoms with Crippen LogP contribution >= 0.6 is 0 Å². The van der Waals surface area contributed by atoms with Gasteiger partial charge in [-0.1, -0.05) is 25.1 Å². The van der Waals surface area contributed by atoms with Gasteiger partial charge in [0.25, 0.3) is 0 Å². The second kappa shape index (κ2) is 5.89. The monoisotopic (exact) mass is 260 g/mol. The number of hydrogen-bond donors (Lipinski definition) is 2. The molecule has 1 aromatic carbocycles. The second-order valence-corrected chi connectivity index (χ2v) is 4.87. The molecule has 1 heterocycles. The summed E-state index contributed by atoms with van der Waals surface area (Å²) in [6.45, 7) is 5.64. The third-order valence-electron chi connectivity index (χ3n) is 3.55. The number of aromatic nitrogens is 1. The molecule has 0 fully saturated rings. The molecule has 0 radical (unpaired) electrons. The number of aromatic amines is 1. The number of carbonyl (C=O) groups is 1. The number of nitrogens with zero attached hydrogens (tertiary/aromatic N) is 1. The van der Waals surface area contributed by atoms with Crippen molar-refractivity contribution in [3.8, 4) is 0 Å². The van der Waals surface area contributed by atoms with Crippen LogP contribution in [0.5, 0.6) is 0 Å². The summed E-state index contributed by atoms with van der Waals surface area (Å²) in [6.07, 6.45) is 2.19. The van der Waals surface area contributed by atoms with Crippen LogP contribution in [0.25, 0.3) is 10.9 Å². The Hall–Kier alpha value is -1.81. The first kappa shape index (κ1) is 13.6. The van der Waals surface area contributed by atoms with Gasteiger partial charge in [0.1, 0.15) is 0 Å². The molecule has 0 saturated carbocycles. The number of fused-ring (bicyclic) bond motifs is 1.